The highest BCUT2D eigenvalue weighted by Gasteiger charge is 2.26. The monoisotopic (exact) mass is 293 g/mol. The van der Waals surface area contributed by atoms with Crippen LogP contribution in [0.4, 0.5) is 11.4 Å². The third-order valence-corrected chi connectivity index (χ3v) is 3.55. The van der Waals surface area contributed by atoms with Crippen LogP contribution in [0.2, 0.25) is 0 Å². The average molecular weight is 293 g/mol. The maximum atomic E-state index is 12.1. The molecule has 1 aromatic rings. The third-order valence-electron chi connectivity index (χ3n) is 3.55. The molecule has 0 saturated carbocycles. The summed E-state index contributed by atoms with van der Waals surface area (Å²) >= 11 is 0. The number of nitrogen functional groups attached to an aromatic ring is 1. The summed E-state index contributed by atoms with van der Waals surface area (Å²) in [5, 5.41) is 9.31. The number of aliphatic hydroxyl groups excluding tert-OH is 1. The minimum atomic E-state index is -0.235. The van der Waals surface area contributed by atoms with Crippen molar-refractivity contribution in [1.29, 1.82) is 0 Å². The fourth-order valence-corrected chi connectivity index (χ4v) is 2.55. The fourth-order valence-electron chi connectivity index (χ4n) is 2.55. The van der Waals surface area contributed by atoms with Gasteiger partial charge in [0, 0.05) is 32.7 Å². The van der Waals surface area contributed by atoms with Gasteiger partial charge in [0.1, 0.15) is 0 Å². The number of carbonyl (C=O) groups excluding carboxylic acids is 1. The summed E-state index contributed by atoms with van der Waals surface area (Å²) in [6, 6.07) is 5.29. The van der Waals surface area contributed by atoms with E-state index >= 15 is 0 Å². The van der Waals surface area contributed by atoms with Crippen molar-refractivity contribution in [2.75, 3.05) is 44.4 Å². The Bertz CT molecular complexity index is 519. The van der Waals surface area contributed by atoms with Gasteiger partial charge in [-0.3, -0.25) is 4.79 Å². The lowest BCUT2D eigenvalue weighted by Crippen LogP contribution is -2.48. The second-order valence-corrected chi connectivity index (χ2v) is 5.63. The summed E-state index contributed by atoms with van der Waals surface area (Å²) in [4.78, 5) is 15.7. The van der Waals surface area contributed by atoms with Crippen molar-refractivity contribution in [2.24, 2.45) is 0 Å². The number of rotatable bonds is 3. The van der Waals surface area contributed by atoms with Gasteiger partial charge >= 0.3 is 0 Å². The van der Waals surface area contributed by atoms with E-state index in [2.05, 4.69) is 4.90 Å². The summed E-state index contributed by atoms with van der Waals surface area (Å²) < 4.78 is 5.64. The quantitative estimate of drug-likeness (QED) is 0.796. The van der Waals surface area contributed by atoms with Crippen LogP contribution in [0.1, 0.15) is 17.3 Å². The lowest BCUT2D eigenvalue weighted by Gasteiger charge is -2.38. The molecule has 1 aliphatic rings. The van der Waals surface area contributed by atoms with Gasteiger partial charge in [0.25, 0.3) is 5.91 Å². The first-order valence-electron chi connectivity index (χ1n) is 7.04. The fraction of sp³-hybridized carbons (Fsp3) is 0.533. The highest BCUT2D eigenvalue weighted by molar-refractivity contribution is 5.96. The van der Waals surface area contributed by atoms with Gasteiger partial charge in [-0.1, -0.05) is 0 Å². The second-order valence-electron chi connectivity index (χ2n) is 5.63. The normalized spacial score (nSPS) is 22.2. The van der Waals surface area contributed by atoms with Crippen LogP contribution in [-0.4, -0.2) is 61.9 Å². The maximum absolute atomic E-state index is 12.1. The molecule has 3 N–H and O–H groups in total. The number of benzene rings is 1. The number of amides is 1. The zero-order chi connectivity index (χ0) is 15.6. The molecule has 21 heavy (non-hydrogen) atoms. The van der Waals surface area contributed by atoms with E-state index in [1.54, 1.807) is 26.2 Å². The zero-order valence-corrected chi connectivity index (χ0v) is 12.7. The maximum Gasteiger partial charge on any atom is 0.253 e. The smallest absolute Gasteiger partial charge is 0.253 e. The molecule has 0 radical (unpaired) electrons. The average Bonchev–Trinajstić information content (AvgIpc) is 2.46. The Balaban J connectivity index is 2.29. The van der Waals surface area contributed by atoms with E-state index in [4.69, 9.17) is 10.5 Å². The van der Waals surface area contributed by atoms with Crippen molar-refractivity contribution in [3.05, 3.63) is 23.8 Å². The van der Waals surface area contributed by atoms with Crippen LogP contribution >= 0.6 is 0 Å². The molecule has 1 aromatic carbocycles. The molecular weight excluding hydrogens is 270 g/mol. The number of morpholine rings is 1. The Labute approximate surface area is 125 Å². The lowest BCUT2D eigenvalue weighted by atomic mass is 10.1. The number of carbonyl (C=O) groups is 1. The minimum Gasteiger partial charge on any atom is -0.397 e. The number of nitrogens with zero attached hydrogens (tertiary/aromatic N) is 2. The molecule has 6 heteroatoms. The lowest BCUT2D eigenvalue weighted by molar-refractivity contribution is -0.0420. The Kier molecular flexibility index (Phi) is 4.69. The number of aliphatic hydroxyl groups is 1. The predicted molar refractivity (Wildman–Crippen MR) is 82.5 cm³/mol. The molecule has 2 rings (SSSR count). The number of anilines is 2. The first-order chi connectivity index (χ1) is 9.92. The van der Waals surface area contributed by atoms with Crippen molar-refractivity contribution in [3.8, 4) is 0 Å². The molecule has 2 unspecified atom stereocenters. The van der Waals surface area contributed by atoms with Crippen LogP contribution in [-0.2, 0) is 4.74 Å². The number of ether oxygens (including phenoxy) is 1. The van der Waals surface area contributed by atoms with Gasteiger partial charge in [0.05, 0.1) is 30.2 Å². The van der Waals surface area contributed by atoms with Crippen LogP contribution in [0.25, 0.3) is 0 Å². The standard InChI is InChI=1S/C15H23N3O3/c1-10-7-18(8-12(9-19)21-10)14-6-11(4-5-13(14)16)15(20)17(2)3/h4-6,10,12,19H,7-9,16H2,1-3H3. The van der Waals surface area contributed by atoms with Gasteiger partial charge in [-0.05, 0) is 25.1 Å². The molecule has 0 aliphatic carbocycles. The summed E-state index contributed by atoms with van der Waals surface area (Å²) in [6.07, 6.45) is -0.232. The van der Waals surface area contributed by atoms with Crippen LogP contribution in [0.5, 0.6) is 0 Å². The van der Waals surface area contributed by atoms with Crippen LogP contribution in [0.15, 0.2) is 18.2 Å². The van der Waals surface area contributed by atoms with Crippen LogP contribution < -0.4 is 10.6 Å². The van der Waals surface area contributed by atoms with Crippen LogP contribution in [0.3, 0.4) is 0 Å². The van der Waals surface area contributed by atoms with E-state index < -0.39 is 0 Å². The van der Waals surface area contributed by atoms with Crippen molar-refractivity contribution >= 4 is 17.3 Å². The number of hydrogen-bond acceptors (Lipinski definition) is 5. The SMILES string of the molecule is CC1CN(c2cc(C(=O)N(C)C)ccc2N)CC(CO)O1. The van der Waals surface area contributed by atoms with Gasteiger partial charge in [-0.15, -0.1) is 0 Å². The van der Waals surface area contributed by atoms with E-state index in [9.17, 15) is 9.90 Å². The molecule has 1 aliphatic heterocycles. The minimum absolute atomic E-state index is 0.00325. The summed E-state index contributed by atoms with van der Waals surface area (Å²) in [6.45, 7) is 3.17. The van der Waals surface area contributed by atoms with E-state index in [1.165, 1.54) is 4.90 Å². The van der Waals surface area contributed by atoms with Crippen molar-refractivity contribution in [3.63, 3.8) is 0 Å². The highest BCUT2D eigenvalue weighted by Crippen LogP contribution is 2.28. The van der Waals surface area contributed by atoms with Crippen molar-refractivity contribution < 1.29 is 14.6 Å². The number of nitrogens with two attached hydrogens (primary N) is 1. The molecule has 6 nitrogen and oxygen atoms in total. The van der Waals surface area contributed by atoms with E-state index in [0.29, 0.717) is 24.3 Å². The second kappa shape index (κ2) is 6.32. The first-order valence-corrected chi connectivity index (χ1v) is 7.04. The molecule has 0 aromatic heterocycles. The van der Waals surface area contributed by atoms with Crippen molar-refractivity contribution in [2.45, 2.75) is 19.1 Å². The van der Waals surface area contributed by atoms with Gasteiger partial charge in [0.15, 0.2) is 0 Å². The molecule has 2 atom stereocenters. The Hall–Kier alpha value is -1.79. The molecular formula is C15H23N3O3. The molecule has 0 spiro atoms. The third kappa shape index (κ3) is 3.46. The van der Waals surface area contributed by atoms with Gasteiger partial charge in [-0.2, -0.15) is 0 Å². The van der Waals surface area contributed by atoms with Crippen molar-refractivity contribution in [1.82, 2.24) is 4.90 Å². The van der Waals surface area contributed by atoms with Gasteiger partial charge in [0.2, 0.25) is 0 Å². The Morgan fingerprint density at radius 2 is 2.19 bits per heavy atom. The van der Waals surface area contributed by atoms with E-state index in [0.717, 1.165) is 5.69 Å². The molecule has 1 saturated heterocycles. The van der Waals surface area contributed by atoms with E-state index in [1.807, 2.05) is 13.0 Å². The molecule has 1 heterocycles. The highest BCUT2D eigenvalue weighted by atomic mass is 16.5. The summed E-state index contributed by atoms with van der Waals surface area (Å²) in [5.41, 5.74) is 8.10. The first kappa shape index (κ1) is 15.6. The number of hydrogen-bond donors (Lipinski definition) is 2. The summed E-state index contributed by atoms with van der Waals surface area (Å²) in [5.74, 6) is -0.0590. The molecule has 1 amide bonds. The largest absolute Gasteiger partial charge is 0.397 e. The molecule has 116 valence electrons. The zero-order valence-electron chi connectivity index (χ0n) is 12.7. The topological polar surface area (TPSA) is 79.0 Å². The molecule has 1 fully saturated rings. The Morgan fingerprint density at radius 3 is 2.81 bits per heavy atom. The summed E-state index contributed by atoms with van der Waals surface area (Å²) in [7, 11) is 3.44. The predicted octanol–water partition coefficient (Wildman–Crippen LogP) is 0.557. The Morgan fingerprint density at radius 1 is 1.48 bits per heavy atom. The molecule has 0 bridgehead atoms. The van der Waals surface area contributed by atoms with Gasteiger partial charge in [-0.25, -0.2) is 0 Å². The van der Waals surface area contributed by atoms with Crippen LogP contribution in [0, 0.1) is 0 Å². The van der Waals surface area contributed by atoms with Gasteiger partial charge < -0.3 is 25.4 Å². The van der Waals surface area contributed by atoms with E-state index in [-0.39, 0.29) is 24.7 Å².